The maximum absolute atomic E-state index is 12.4. The van der Waals surface area contributed by atoms with E-state index in [1.165, 1.54) is 22.3 Å². The van der Waals surface area contributed by atoms with Gasteiger partial charge in [0.25, 0.3) is 0 Å². The van der Waals surface area contributed by atoms with E-state index in [4.69, 9.17) is 9.84 Å². The van der Waals surface area contributed by atoms with Gasteiger partial charge in [0.2, 0.25) is 5.91 Å². The summed E-state index contributed by atoms with van der Waals surface area (Å²) in [5, 5.41) is 14.3. The van der Waals surface area contributed by atoms with E-state index >= 15 is 0 Å². The molecule has 2 aliphatic rings. The Labute approximate surface area is 187 Å². The number of fused-ring (bicyclic) bond motifs is 3. The summed E-state index contributed by atoms with van der Waals surface area (Å²) < 4.78 is 5.59. The zero-order chi connectivity index (χ0) is 22.5. The van der Waals surface area contributed by atoms with Crippen molar-refractivity contribution in [3.05, 3.63) is 59.7 Å². The van der Waals surface area contributed by atoms with E-state index in [9.17, 15) is 14.4 Å². The standard InChI is InChI=1S/C25H28N2O5/c28-23(29)10-5-13-26-24(30)16-11-12-17(14-16)27-25(31)32-15-22-20-8-3-1-6-18(20)19-7-2-4-9-21(19)22/h1-4,6-9,16-17,22H,5,10-15H2,(H,26,30)(H,27,31)(H,28,29)/t16-,17+/m1/s1. The van der Waals surface area contributed by atoms with Crippen LogP contribution in [0.2, 0.25) is 0 Å². The highest BCUT2D eigenvalue weighted by Crippen LogP contribution is 2.44. The first-order valence-electron chi connectivity index (χ1n) is 11.1. The number of alkyl carbamates (subject to hydrolysis) is 1. The molecule has 2 aliphatic carbocycles. The summed E-state index contributed by atoms with van der Waals surface area (Å²) in [6.07, 6.45) is 1.97. The molecule has 32 heavy (non-hydrogen) atoms. The largest absolute Gasteiger partial charge is 0.481 e. The molecule has 0 heterocycles. The van der Waals surface area contributed by atoms with E-state index < -0.39 is 12.1 Å². The molecular weight excluding hydrogens is 408 g/mol. The van der Waals surface area contributed by atoms with Crippen molar-refractivity contribution in [1.82, 2.24) is 10.6 Å². The lowest BCUT2D eigenvalue weighted by atomic mass is 9.98. The molecule has 2 aromatic rings. The van der Waals surface area contributed by atoms with Crippen LogP contribution in [0.5, 0.6) is 0 Å². The minimum absolute atomic E-state index is 0.0149. The van der Waals surface area contributed by atoms with E-state index in [2.05, 4.69) is 34.9 Å². The number of hydrogen-bond acceptors (Lipinski definition) is 4. The smallest absolute Gasteiger partial charge is 0.407 e. The van der Waals surface area contributed by atoms with Crippen LogP contribution < -0.4 is 10.6 Å². The summed E-state index contributed by atoms with van der Waals surface area (Å²) in [7, 11) is 0. The Bertz CT molecular complexity index is 960. The van der Waals surface area contributed by atoms with E-state index in [0.29, 0.717) is 25.8 Å². The molecular formula is C25H28N2O5. The van der Waals surface area contributed by atoms with Crippen molar-refractivity contribution in [2.45, 2.75) is 44.1 Å². The second kappa shape index (κ2) is 9.85. The Hall–Kier alpha value is -3.35. The van der Waals surface area contributed by atoms with Crippen LogP contribution in [0, 0.1) is 5.92 Å². The molecule has 0 radical (unpaired) electrons. The Morgan fingerprint density at radius 1 is 0.969 bits per heavy atom. The van der Waals surface area contributed by atoms with Crippen LogP contribution in [0.15, 0.2) is 48.5 Å². The first-order valence-corrected chi connectivity index (χ1v) is 11.1. The zero-order valence-corrected chi connectivity index (χ0v) is 17.9. The molecule has 2 atom stereocenters. The number of rotatable bonds is 8. The highest BCUT2D eigenvalue weighted by molar-refractivity contribution is 5.80. The van der Waals surface area contributed by atoms with Crippen LogP contribution in [-0.4, -0.2) is 42.3 Å². The topological polar surface area (TPSA) is 105 Å². The van der Waals surface area contributed by atoms with E-state index in [-0.39, 0.29) is 36.8 Å². The fraction of sp³-hybridized carbons (Fsp3) is 0.400. The summed E-state index contributed by atoms with van der Waals surface area (Å²) in [6.45, 7) is 0.617. The maximum atomic E-state index is 12.4. The third-order valence-electron chi connectivity index (χ3n) is 6.34. The number of hydrogen-bond donors (Lipinski definition) is 3. The third kappa shape index (κ3) is 4.93. The van der Waals surface area contributed by atoms with E-state index in [1.807, 2.05) is 24.3 Å². The molecule has 0 saturated heterocycles. The summed E-state index contributed by atoms with van der Waals surface area (Å²) in [5.41, 5.74) is 4.71. The molecule has 0 unspecified atom stereocenters. The highest BCUT2D eigenvalue weighted by atomic mass is 16.5. The first kappa shape index (κ1) is 21.9. The van der Waals surface area contributed by atoms with Crippen molar-refractivity contribution in [2.75, 3.05) is 13.2 Å². The van der Waals surface area contributed by atoms with Crippen LogP contribution in [0.25, 0.3) is 11.1 Å². The monoisotopic (exact) mass is 436 g/mol. The van der Waals surface area contributed by atoms with Gasteiger partial charge in [-0.25, -0.2) is 4.79 Å². The molecule has 2 aromatic carbocycles. The number of carbonyl (C=O) groups excluding carboxylic acids is 2. The van der Waals surface area contributed by atoms with Crippen molar-refractivity contribution in [3.8, 4) is 11.1 Å². The highest BCUT2D eigenvalue weighted by Gasteiger charge is 2.32. The van der Waals surface area contributed by atoms with Crippen molar-refractivity contribution in [1.29, 1.82) is 0 Å². The molecule has 0 aromatic heterocycles. The lowest BCUT2D eigenvalue weighted by Gasteiger charge is -2.17. The molecule has 0 spiro atoms. The van der Waals surface area contributed by atoms with Gasteiger partial charge in [-0.2, -0.15) is 0 Å². The number of nitrogens with one attached hydrogen (secondary N) is 2. The van der Waals surface area contributed by atoms with Crippen molar-refractivity contribution in [3.63, 3.8) is 0 Å². The predicted octanol–water partition coefficient (Wildman–Crippen LogP) is 3.67. The number of ether oxygens (including phenoxy) is 1. The van der Waals surface area contributed by atoms with Gasteiger partial charge in [-0.15, -0.1) is 0 Å². The molecule has 1 fully saturated rings. The molecule has 0 aliphatic heterocycles. The van der Waals surface area contributed by atoms with Crippen LogP contribution in [0.3, 0.4) is 0 Å². The van der Waals surface area contributed by atoms with Gasteiger partial charge >= 0.3 is 12.1 Å². The van der Waals surface area contributed by atoms with Crippen LogP contribution >= 0.6 is 0 Å². The number of aliphatic carboxylic acids is 1. The average Bonchev–Trinajstić information content (AvgIpc) is 3.38. The van der Waals surface area contributed by atoms with Gasteiger partial charge in [0.15, 0.2) is 0 Å². The third-order valence-corrected chi connectivity index (χ3v) is 6.34. The van der Waals surface area contributed by atoms with Crippen LogP contribution in [0.4, 0.5) is 4.79 Å². The second-order valence-corrected chi connectivity index (χ2v) is 8.47. The van der Waals surface area contributed by atoms with Gasteiger partial charge < -0.3 is 20.5 Å². The molecule has 2 amide bonds. The van der Waals surface area contributed by atoms with Crippen LogP contribution in [-0.2, 0) is 14.3 Å². The molecule has 4 rings (SSSR count). The number of carboxylic acids is 1. The van der Waals surface area contributed by atoms with Gasteiger partial charge in [-0.05, 0) is 47.9 Å². The summed E-state index contributed by atoms with van der Waals surface area (Å²) >= 11 is 0. The van der Waals surface area contributed by atoms with Crippen LogP contribution in [0.1, 0.15) is 49.1 Å². The lowest BCUT2D eigenvalue weighted by Crippen LogP contribution is -2.36. The molecule has 168 valence electrons. The Morgan fingerprint density at radius 2 is 1.62 bits per heavy atom. The number of benzene rings is 2. The minimum Gasteiger partial charge on any atom is -0.481 e. The summed E-state index contributed by atoms with van der Waals surface area (Å²) in [5.74, 6) is -1.10. The molecule has 3 N–H and O–H groups in total. The Balaban J connectivity index is 1.25. The number of amides is 2. The van der Waals surface area contributed by atoms with Crippen molar-refractivity contribution >= 4 is 18.0 Å². The average molecular weight is 437 g/mol. The maximum Gasteiger partial charge on any atom is 0.407 e. The van der Waals surface area contributed by atoms with E-state index in [0.717, 1.165) is 6.42 Å². The zero-order valence-electron chi connectivity index (χ0n) is 17.9. The Morgan fingerprint density at radius 3 is 2.28 bits per heavy atom. The van der Waals surface area contributed by atoms with Gasteiger partial charge in [0.05, 0.1) is 0 Å². The van der Waals surface area contributed by atoms with Crippen molar-refractivity contribution < 1.29 is 24.2 Å². The SMILES string of the molecule is O=C(O)CCCNC(=O)[C@@H]1CC[C@H](NC(=O)OCC2c3ccccc3-c3ccccc32)C1. The first-order chi connectivity index (χ1) is 15.5. The molecule has 1 saturated carbocycles. The minimum atomic E-state index is -0.868. The normalized spacial score (nSPS) is 19.1. The second-order valence-electron chi connectivity index (χ2n) is 8.47. The van der Waals surface area contributed by atoms with Gasteiger partial charge in [0, 0.05) is 30.8 Å². The lowest BCUT2D eigenvalue weighted by molar-refractivity contribution is -0.137. The fourth-order valence-electron chi connectivity index (χ4n) is 4.75. The number of carbonyl (C=O) groups is 3. The molecule has 0 bridgehead atoms. The van der Waals surface area contributed by atoms with E-state index in [1.54, 1.807) is 0 Å². The summed E-state index contributed by atoms with van der Waals surface area (Å²) in [4.78, 5) is 35.2. The molecule has 7 nitrogen and oxygen atoms in total. The number of carboxylic acid groups (broad SMARTS) is 1. The quantitative estimate of drug-likeness (QED) is 0.548. The van der Waals surface area contributed by atoms with Gasteiger partial charge in [0.1, 0.15) is 6.61 Å². The molecule has 7 heteroatoms. The summed E-state index contributed by atoms with van der Waals surface area (Å²) in [6, 6.07) is 16.3. The van der Waals surface area contributed by atoms with Gasteiger partial charge in [-0.3, -0.25) is 9.59 Å². The van der Waals surface area contributed by atoms with Crippen molar-refractivity contribution in [2.24, 2.45) is 5.92 Å². The Kier molecular flexibility index (Phi) is 6.73. The predicted molar refractivity (Wildman–Crippen MR) is 119 cm³/mol. The van der Waals surface area contributed by atoms with Gasteiger partial charge in [-0.1, -0.05) is 48.5 Å². The fourth-order valence-corrected chi connectivity index (χ4v) is 4.75.